The van der Waals surface area contributed by atoms with Crippen LogP contribution in [0.25, 0.3) is 16.5 Å². The Bertz CT molecular complexity index is 879. The number of carbonyl (C=O) groups excluding carboxylic acids is 1. The van der Waals surface area contributed by atoms with Crippen molar-refractivity contribution in [1.29, 1.82) is 0 Å². The van der Waals surface area contributed by atoms with Gasteiger partial charge in [-0.1, -0.05) is 41.7 Å². The number of hydrogen-bond acceptors (Lipinski definition) is 5. The van der Waals surface area contributed by atoms with Gasteiger partial charge in [0.15, 0.2) is 0 Å². The molecule has 120 valence electrons. The SMILES string of the molecule is O=C(/C=C/c1ccc(-c2ccccc2)s1)Nc1nnc(C2CC2)s1. The van der Waals surface area contributed by atoms with Crippen LogP contribution < -0.4 is 5.32 Å². The largest absolute Gasteiger partial charge is 0.297 e. The summed E-state index contributed by atoms with van der Waals surface area (Å²) in [6, 6.07) is 14.3. The Hall–Kier alpha value is -2.31. The van der Waals surface area contributed by atoms with E-state index in [1.807, 2.05) is 30.3 Å². The van der Waals surface area contributed by atoms with Gasteiger partial charge in [-0.05, 0) is 36.6 Å². The highest BCUT2D eigenvalue weighted by Crippen LogP contribution is 2.42. The van der Waals surface area contributed by atoms with E-state index in [9.17, 15) is 4.79 Å². The molecule has 4 nitrogen and oxygen atoms in total. The van der Waals surface area contributed by atoms with Crippen LogP contribution in [0.3, 0.4) is 0 Å². The number of anilines is 1. The van der Waals surface area contributed by atoms with Gasteiger partial charge in [-0.2, -0.15) is 0 Å². The second kappa shape index (κ2) is 6.67. The van der Waals surface area contributed by atoms with Crippen molar-refractivity contribution >= 4 is 39.8 Å². The number of thiophene rings is 1. The molecule has 1 fully saturated rings. The van der Waals surface area contributed by atoms with Gasteiger partial charge >= 0.3 is 0 Å². The van der Waals surface area contributed by atoms with Crippen LogP contribution >= 0.6 is 22.7 Å². The Morgan fingerprint density at radius 1 is 1.08 bits per heavy atom. The normalized spacial score (nSPS) is 14.2. The minimum absolute atomic E-state index is 0.178. The second-order valence-corrected chi connectivity index (χ2v) is 7.73. The van der Waals surface area contributed by atoms with Gasteiger partial charge in [-0.3, -0.25) is 10.1 Å². The van der Waals surface area contributed by atoms with E-state index in [1.165, 1.54) is 34.6 Å². The molecule has 24 heavy (non-hydrogen) atoms. The average Bonchev–Trinajstić information content (AvgIpc) is 3.17. The lowest BCUT2D eigenvalue weighted by atomic mass is 10.2. The first-order valence-electron chi connectivity index (χ1n) is 7.76. The van der Waals surface area contributed by atoms with E-state index in [-0.39, 0.29) is 5.91 Å². The molecular weight excluding hydrogens is 338 g/mol. The number of benzene rings is 1. The van der Waals surface area contributed by atoms with E-state index < -0.39 is 0 Å². The first kappa shape index (κ1) is 15.2. The highest BCUT2D eigenvalue weighted by atomic mass is 32.1. The van der Waals surface area contributed by atoms with Gasteiger partial charge in [0.25, 0.3) is 0 Å². The topological polar surface area (TPSA) is 54.9 Å². The summed E-state index contributed by atoms with van der Waals surface area (Å²) < 4.78 is 0. The van der Waals surface area contributed by atoms with Crippen LogP contribution in [0, 0.1) is 0 Å². The molecule has 1 N–H and O–H groups in total. The molecule has 0 saturated heterocycles. The first-order valence-corrected chi connectivity index (χ1v) is 9.39. The number of hydrogen-bond donors (Lipinski definition) is 1. The van der Waals surface area contributed by atoms with Crippen molar-refractivity contribution in [1.82, 2.24) is 10.2 Å². The molecule has 2 aromatic heterocycles. The van der Waals surface area contributed by atoms with Crippen molar-refractivity contribution < 1.29 is 4.79 Å². The summed E-state index contributed by atoms with van der Waals surface area (Å²) in [5.41, 5.74) is 1.19. The standard InChI is InChI=1S/C18H15N3OS2/c22-16(19-18-21-20-17(24-18)13-6-7-13)11-9-14-8-10-15(23-14)12-4-2-1-3-5-12/h1-5,8-11,13H,6-7H2,(H,19,21,22)/b11-9+. The predicted molar refractivity (Wildman–Crippen MR) is 99.3 cm³/mol. The zero-order chi connectivity index (χ0) is 16.4. The molecule has 1 aliphatic carbocycles. The van der Waals surface area contributed by atoms with Crippen molar-refractivity contribution in [2.24, 2.45) is 0 Å². The van der Waals surface area contributed by atoms with Crippen molar-refractivity contribution in [3.63, 3.8) is 0 Å². The molecule has 0 radical (unpaired) electrons. The molecule has 1 aliphatic rings. The number of carbonyl (C=O) groups is 1. The number of nitrogens with one attached hydrogen (secondary N) is 1. The van der Waals surface area contributed by atoms with Crippen molar-refractivity contribution in [3.8, 4) is 10.4 Å². The summed E-state index contributed by atoms with van der Waals surface area (Å²) in [4.78, 5) is 14.2. The molecule has 0 atom stereocenters. The van der Waals surface area contributed by atoms with Crippen LogP contribution in [0.2, 0.25) is 0 Å². The van der Waals surface area contributed by atoms with E-state index >= 15 is 0 Å². The zero-order valence-corrected chi connectivity index (χ0v) is 14.4. The molecule has 6 heteroatoms. The van der Waals surface area contributed by atoms with Crippen molar-refractivity contribution in [2.45, 2.75) is 18.8 Å². The highest BCUT2D eigenvalue weighted by Gasteiger charge is 2.27. The maximum Gasteiger partial charge on any atom is 0.250 e. The van der Waals surface area contributed by atoms with Gasteiger partial charge in [0.2, 0.25) is 11.0 Å². The molecule has 0 bridgehead atoms. The van der Waals surface area contributed by atoms with Gasteiger partial charge in [0.1, 0.15) is 5.01 Å². The van der Waals surface area contributed by atoms with Crippen LogP contribution in [0.5, 0.6) is 0 Å². The maximum absolute atomic E-state index is 12.0. The number of amides is 1. The number of aromatic nitrogens is 2. The fraction of sp³-hybridized carbons (Fsp3) is 0.167. The lowest BCUT2D eigenvalue weighted by Gasteiger charge is -1.95. The number of rotatable bonds is 5. The Balaban J connectivity index is 1.39. The van der Waals surface area contributed by atoms with E-state index in [0.717, 1.165) is 9.88 Å². The molecule has 1 amide bonds. The Kier molecular flexibility index (Phi) is 4.23. The molecule has 0 aliphatic heterocycles. The average molecular weight is 353 g/mol. The van der Waals surface area contributed by atoms with Gasteiger partial charge < -0.3 is 0 Å². The van der Waals surface area contributed by atoms with Crippen LogP contribution in [-0.4, -0.2) is 16.1 Å². The summed E-state index contributed by atoms with van der Waals surface area (Å²) in [5, 5.41) is 12.5. The molecular formula is C18H15N3OS2. The Morgan fingerprint density at radius 2 is 1.92 bits per heavy atom. The number of nitrogens with zero attached hydrogens (tertiary/aromatic N) is 2. The van der Waals surface area contributed by atoms with E-state index in [1.54, 1.807) is 17.4 Å². The van der Waals surface area contributed by atoms with Gasteiger partial charge in [-0.15, -0.1) is 21.5 Å². The van der Waals surface area contributed by atoms with E-state index in [2.05, 4.69) is 33.7 Å². The fourth-order valence-corrected chi connectivity index (χ4v) is 4.12. The smallest absolute Gasteiger partial charge is 0.250 e. The second-order valence-electron chi connectivity index (χ2n) is 5.61. The molecule has 0 unspecified atom stereocenters. The monoisotopic (exact) mass is 353 g/mol. The van der Waals surface area contributed by atoms with Gasteiger partial charge in [0.05, 0.1) is 0 Å². The molecule has 4 rings (SSSR count). The molecule has 3 aromatic rings. The zero-order valence-electron chi connectivity index (χ0n) is 12.8. The third kappa shape index (κ3) is 3.60. The minimum atomic E-state index is -0.178. The van der Waals surface area contributed by atoms with Crippen molar-refractivity contribution in [3.05, 3.63) is 58.4 Å². The van der Waals surface area contributed by atoms with Crippen molar-refractivity contribution in [2.75, 3.05) is 5.32 Å². The van der Waals surface area contributed by atoms with E-state index in [4.69, 9.17) is 0 Å². The van der Waals surface area contributed by atoms with E-state index in [0.29, 0.717) is 11.0 Å². The van der Waals surface area contributed by atoms with Crippen LogP contribution in [0.1, 0.15) is 28.6 Å². The Labute approximate surface area is 147 Å². The Morgan fingerprint density at radius 3 is 2.71 bits per heavy atom. The quantitative estimate of drug-likeness (QED) is 0.671. The van der Waals surface area contributed by atoms with Crippen LogP contribution in [0.4, 0.5) is 5.13 Å². The molecule has 2 heterocycles. The summed E-state index contributed by atoms with van der Waals surface area (Å²) >= 11 is 3.13. The minimum Gasteiger partial charge on any atom is -0.297 e. The fourth-order valence-electron chi connectivity index (χ4n) is 2.29. The van der Waals surface area contributed by atoms with Gasteiger partial charge in [0, 0.05) is 21.7 Å². The van der Waals surface area contributed by atoms with Crippen LogP contribution in [-0.2, 0) is 4.79 Å². The lowest BCUT2D eigenvalue weighted by molar-refractivity contribution is -0.111. The summed E-state index contributed by atoms with van der Waals surface area (Å²) in [7, 11) is 0. The maximum atomic E-state index is 12.0. The first-order chi connectivity index (χ1) is 11.8. The molecule has 1 aromatic carbocycles. The summed E-state index contributed by atoms with van der Waals surface area (Å²) in [6.07, 6.45) is 5.74. The predicted octanol–water partition coefficient (Wildman–Crippen LogP) is 4.80. The lowest BCUT2D eigenvalue weighted by Crippen LogP contribution is -2.07. The van der Waals surface area contributed by atoms with Crippen LogP contribution in [0.15, 0.2) is 48.5 Å². The highest BCUT2D eigenvalue weighted by molar-refractivity contribution is 7.16. The third-order valence-corrected chi connectivity index (χ3v) is 5.78. The summed E-state index contributed by atoms with van der Waals surface area (Å²) in [5.74, 6) is 0.384. The molecule has 1 saturated carbocycles. The molecule has 0 spiro atoms. The summed E-state index contributed by atoms with van der Waals surface area (Å²) in [6.45, 7) is 0. The third-order valence-electron chi connectivity index (χ3n) is 3.68. The van der Waals surface area contributed by atoms with Gasteiger partial charge in [-0.25, -0.2) is 0 Å².